The standard InChI is InChI=1S/C22H19N5O3/c28-22(20-16-8-2-4-10-18(16)29-26-20)24-17-9-3-1-6-14(17)12-19-25-21(27-30-19)15-7-5-11-23-13-15/h1,3,5-7,9,11,13H,2,4,8,10,12H2,(H,24,28). The first-order valence-electron chi connectivity index (χ1n) is 9.87. The highest BCUT2D eigenvalue weighted by molar-refractivity contribution is 6.04. The molecule has 0 saturated heterocycles. The Morgan fingerprint density at radius 3 is 2.83 bits per heavy atom. The molecule has 0 atom stereocenters. The summed E-state index contributed by atoms with van der Waals surface area (Å²) in [7, 11) is 0. The van der Waals surface area contributed by atoms with E-state index in [9.17, 15) is 4.79 Å². The van der Waals surface area contributed by atoms with Gasteiger partial charge in [-0.25, -0.2) is 0 Å². The minimum atomic E-state index is -0.268. The van der Waals surface area contributed by atoms with E-state index >= 15 is 0 Å². The molecule has 0 radical (unpaired) electrons. The number of benzene rings is 1. The molecule has 3 heterocycles. The molecule has 0 spiro atoms. The third-order valence-electron chi connectivity index (χ3n) is 5.16. The molecule has 1 aliphatic carbocycles. The molecule has 0 unspecified atom stereocenters. The average molecular weight is 401 g/mol. The number of hydrogen-bond donors (Lipinski definition) is 1. The summed E-state index contributed by atoms with van der Waals surface area (Å²) in [6, 6.07) is 11.2. The molecule has 1 aromatic carbocycles. The van der Waals surface area contributed by atoms with E-state index in [4.69, 9.17) is 9.05 Å². The van der Waals surface area contributed by atoms with Crippen molar-refractivity contribution < 1.29 is 13.8 Å². The van der Waals surface area contributed by atoms with Crippen LogP contribution in [0.2, 0.25) is 0 Å². The Hall–Kier alpha value is -3.81. The highest BCUT2D eigenvalue weighted by atomic mass is 16.5. The summed E-state index contributed by atoms with van der Waals surface area (Å²) in [6.07, 6.45) is 7.53. The molecule has 4 aromatic rings. The predicted octanol–water partition coefficient (Wildman–Crippen LogP) is 3.84. The third kappa shape index (κ3) is 3.59. The van der Waals surface area contributed by atoms with Gasteiger partial charge in [-0.3, -0.25) is 9.78 Å². The molecular weight excluding hydrogens is 382 g/mol. The van der Waals surface area contributed by atoms with E-state index in [1.54, 1.807) is 12.4 Å². The summed E-state index contributed by atoms with van der Waals surface area (Å²) in [4.78, 5) is 21.4. The van der Waals surface area contributed by atoms with Crippen molar-refractivity contribution in [1.29, 1.82) is 0 Å². The van der Waals surface area contributed by atoms with Crippen LogP contribution in [0.5, 0.6) is 0 Å². The van der Waals surface area contributed by atoms with Crippen LogP contribution in [-0.2, 0) is 19.3 Å². The lowest BCUT2D eigenvalue weighted by Crippen LogP contribution is -2.16. The number of aryl methyl sites for hydroxylation is 1. The third-order valence-corrected chi connectivity index (χ3v) is 5.16. The molecule has 8 nitrogen and oxygen atoms in total. The summed E-state index contributed by atoms with van der Waals surface area (Å²) in [6.45, 7) is 0. The number of rotatable bonds is 5. The van der Waals surface area contributed by atoms with Crippen LogP contribution in [-0.4, -0.2) is 26.2 Å². The lowest BCUT2D eigenvalue weighted by atomic mass is 9.96. The smallest absolute Gasteiger partial charge is 0.278 e. The maximum Gasteiger partial charge on any atom is 0.278 e. The molecule has 1 amide bonds. The van der Waals surface area contributed by atoms with E-state index in [0.29, 0.717) is 29.5 Å². The van der Waals surface area contributed by atoms with Crippen LogP contribution < -0.4 is 5.32 Å². The number of nitrogens with zero attached hydrogens (tertiary/aromatic N) is 4. The van der Waals surface area contributed by atoms with E-state index in [1.807, 2.05) is 36.4 Å². The summed E-state index contributed by atoms with van der Waals surface area (Å²) < 4.78 is 10.8. The summed E-state index contributed by atoms with van der Waals surface area (Å²) in [5, 5.41) is 11.0. The van der Waals surface area contributed by atoms with Gasteiger partial charge in [0.1, 0.15) is 5.76 Å². The Labute approximate surface area is 172 Å². The van der Waals surface area contributed by atoms with Gasteiger partial charge in [-0.15, -0.1) is 0 Å². The van der Waals surface area contributed by atoms with Crippen molar-refractivity contribution >= 4 is 11.6 Å². The zero-order chi connectivity index (χ0) is 20.3. The van der Waals surface area contributed by atoms with Gasteiger partial charge in [-0.05, 0) is 43.0 Å². The number of anilines is 1. The van der Waals surface area contributed by atoms with Crippen molar-refractivity contribution in [2.24, 2.45) is 0 Å². The van der Waals surface area contributed by atoms with E-state index in [0.717, 1.165) is 48.1 Å². The van der Waals surface area contributed by atoms with Gasteiger partial charge in [-0.2, -0.15) is 4.98 Å². The fourth-order valence-corrected chi connectivity index (χ4v) is 3.64. The van der Waals surface area contributed by atoms with Crippen LogP contribution in [0.25, 0.3) is 11.4 Å². The number of hydrogen-bond acceptors (Lipinski definition) is 7. The van der Waals surface area contributed by atoms with Crippen molar-refractivity contribution in [3.8, 4) is 11.4 Å². The van der Waals surface area contributed by atoms with Crippen LogP contribution in [0.1, 0.15) is 46.1 Å². The summed E-state index contributed by atoms with van der Waals surface area (Å²) in [5.41, 5.74) is 3.62. The van der Waals surface area contributed by atoms with Crippen molar-refractivity contribution in [3.05, 3.63) is 77.3 Å². The van der Waals surface area contributed by atoms with Crippen LogP contribution in [0.3, 0.4) is 0 Å². The molecule has 5 rings (SSSR count). The molecule has 0 aliphatic heterocycles. The SMILES string of the molecule is O=C(Nc1ccccc1Cc1nc(-c2cccnc2)no1)c1noc2c1CCCC2. The second-order valence-corrected chi connectivity index (χ2v) is 7.18. The van der Waals surface area contributed by atoms with Crippen LogP contribution in [0, 0.1) is 0 Å². The normalized spacial score (nSPS) is 13.1. The second-order valence-electron chi connectivity index (χ2n) is 7.18. The Morgan fingerprint density at radius 1 is 1.03 bits per heavy atom. The Kier molecular flexibility index (Phi) is 4.80. The largest absolute Gasteiger partial charge is 0.360 e. The van der Waals surface area contributed by atoms with E-state index < -0.39 is 0 Å². The van der Waals surface area contributed by atoms with Gasteiger partial charge in [0.05, 0.1) is 6.42 Å². The van der Waals surface area contributed by atoms with Gasteiger partial charge < -0.3 is 14.4 Å². The van der Waals surface area contributed by atoms with E-state index in [-0.39, 0.29) is 5.91 Å². The quantitative estimate of drug-likeness (QED) is 0.541. The number of carbonyl (C=O) groups is 1. The zero-order valence-corrected chi connectivity index (χ0v) is 16.2. The maximum absolute atomic E-state index is 12.8. The first-order chi connectivity index (χ1) is 14.8. The Morgan fingerprint density at radius 2 is 1.93 bits per heavy atom. The second kappa shape index (κ2) is 7.90. The van der Waals surface area contributed by atoms with Crippen LogP contribution in [0.15, 0.2) is 57.8 Å². The Bertz CT molecular complexity index is 1180. The fraction of sp³-hybridized carbons (Fsp3) is 0.227. The molecule has 0 bridgehead atoms. The average Bonchev–Trinajstić information content (AvgIpc) is 3.43. The molecule has 8 heteroatoms. The topological polar surface area (TPSA) is 107 Å². The number of aromatic nitrogens is 4. The lowest BCUT2D eigenvalue weighted by Gasteiger charge is -2.11. The molecule has 30 heavy (non-hydrogen) atoms. The highest BCUT2D eigenvalue weighted by Gasteiger charge is 2.24. The lowest BCUT2D eigenvalue weighted by molar-refractivity contribution is 0.101. The predicted molar refractivity (Wildman–Crippen MR) is 108 cm³/mol. The molecule has 1 aliphatic rings. The number of amides is 1. The molecule has 1 N–H and O–H groups in total. The minimum Gasteiger partial charge on any atom is -0.360 e. The van der Waals surface area contributed by atoms with Crippen molar-refractivity contribution in [2.75, 3.05) is 5.32 Å². The van der Waals surface area contributed by atoms with Crippen molar-refractivity contribution in [3.63, 3.8) is 0 Å². The number of carbonyl (C=O) groups excluding carboxylic acids is 1. The van der Waals surface area contributed by atoms with Crippen molar-refractivity contribution in [1.82, 2.24) is 20.3 Å². The maximum atomic E-state index is 12.8. The minimum absolute atomic E-state index is 0.268. The zero-order valence-electron chi connectivity index (χ0n) is 16.2. The number of para-hydroxylation sites is 1. The van der Waals surface area contributed by atoms with Gasteiger partial charge in [0, 0.05) is 35.6 Å². The van der Waals surface area contributed by atoms with Crippen molar-refractivity contribution in [2.45, 2.75) is 32.1 Å². The van der Waals surface area contributed by atoms with E-state index in [2.05, 4.69) is 25.6 Å². The first-order valence-corrected chi connectivity index (χ1v) is 9.87. The fourth-order valence-electron chi connectivity index (χ4n) is 3.64. The molecule has 0 fully saturated rings. The van der Waals surface area contributed by atoms with Gasteiger partial charge in [0.25, 0.3) is 5.91 Å². The number of nitrogens with one attached hydrogen (secondary N) is 1. The monoisotopic (exact) mass is 401 g/mol. The highest BCUT2D eigenvalue weighted by Crippen LogP contribution is 2.26. The number of pyridine rings is 1. The molecule has 3 aromatic heterocycles. The van der Waals surface area contributed by atoms with Crippen LogP contribution >= 0.6 is 0 Å². The van der Waals surface area contributed by atoms with Gasteiger partial charge in [-0.1, -0.05) is 28.5 Å². The van der Waals surface area contributed by atoms with Gasteiger partial charge >= 0.3 is 0 Å². The molecular formula is C22H19N5O3. The van der Waals surface area contributed by atoms with Crippen LogP contribution in [0.4, 0.5) is 5.69 Å². The molecule has 150 valence electrons. The first kappa shape index (κ1) is 18.2. The molecule has 0 saturated carbocycles. The summed E-state index contributed by atoms with van der Waals surface area (Å²) >= 11 is 0. The summed E-state index contributed by atoms with van der Waals surface area (Å²) in [5.74, 6) is 1.49. The van der Waals surface area contributed by atoms with Gasteiger partial charge in [0.15, 0.2) is 5.69 Å². The van der Waals surface area contributed by atoms with Gasteiger partial charge in [0.2, 0.25) is 11.7 Å². The van der Waals surface area contributed by atoms with E-state index in [1.165, 1.54) is 0 Å². The Balaban J connectivity index is 1.35. The number of fused-ring (bicyclic) bond motifs is 1.